The molecule has 2 amide bonds. The van der Waals surface area contributed by atoms with E-state index < -0.39 is 22.0 Å². The molecule has 0 saturated carbocycles. The van der Waals surface area contributed by atoms with Gasteiger partial charge in [0.25, 0.3) is 11.8 Å². The van der Waals surface area contributed by atoms with Crippen LogP contribution in [0.4, 0.5) is 11.4 Å². The van der Waals surface area contributed by atoms with Crippen LogP contribution in [0.25, 0.3) is 0 Å². The first-order valence-electron chi connectivity index (χ1n) is 9.22. The summed E-state index contributed by atoms with van der Waals surface area (Å²) in [6.45, 7) is 5.69. The van der Waals surface area contributed by atoms with E-state index in [9.17, 15) is 18.0 Å². The van der Waals surface area contributed by atoms with Gasteiger partial charge >= 0.3 is 0 Å². The molecule has 1 aliphatic heterocycles. The number of ether oxygens (including phenoxy) is 1. The minimum atomic E-state index is -3.56. The number of hydrogen-bond donors (Lipinski definition) is 1. The Morgan fingerprint density at radius 1 is 1.23 bits per heavy atom. The van der Waals surface area contributed by atoms with E-state index in [1.165, 1.54) is 38.4 Å². The molecule has 1 aliphatic rings. The molecule has 0 aliphatic carbocycles. The molecule has 0 radical (unpaired) electrons. The lowest BCUT2D eigenvalue weighted by molar-refractivity contribution is -0.125. The van der Waals surface area contributed by atoms with Gasteiger partial charge in [0.15, 0.2) is 6.10 Å². The lowest BCUT2D eigenvalue weighted by Crippen LogP contribution is -2.44. The van der Waals surface area contributed by atoms with Gasteiger partial charge in [-0.05, 0) is 43.3 Å². The normalized spacial score (nSPS) is 16.1. The van der Waals surface area contributed by atoms with Crippen LogP contribution in [0, 0.1) is 0 Å². The van der Waals surface area contributed by atoms with Crippen LogP contribution in [0.3, 0.4) is 0 Å². The molecule has 0 aromatic heterocycles. The monoisotopic (exact) mass is 429 g/mol. The third-order valence-corrected chi connectivity index (χ3v) is 6.46. The lowest BCUT2D eigenvalue weighted by atomic mass is 10.1. The number of hydrogen-bond acceptors (Lipinski definition) is 5. The van der Waals surface area contributed by atoms with E-state index in [2.05, 4.69) is 11.9 Å². The minimum Gasteiger partial charge on any atom is -0.479 e. The summed E-state index contributed by atoms with van der Waals surface area (Å²) in [6, 6.07) is 10.7. The standard InChI is InChI=1S/C21H23N3O5S/c1-5-12-24-18-11-8-16(13-19(18)29-14(2)21(24)26)22-20(25)15-6-9-17(10-7-15)30(27,28)23(3)4/h5-11,13-14H,1,12H2,2-4H3,(H,22,25). The van der Waals surface area contributed by atoms with Gasteiger partial charge in [-0.25, -0.2) is 12.7 Å². The van der Waals surface area contributed by atoms with Crippen molar-refractivity contribution in [2.45, 2.75) is 17.9 Å². The van der Waals surface area contributed by atoms with Gasteiger partial charge in [0, 0.05) is 38.0 Å². The third-order valence-electron chi connectivity index (χ3n) is 4.63. The summed E-state index contributed by atoms with van der Waals surface area (Å²) in [4.78, 5) is 26.6. The molecule has 1 heterocycles. The van der Waals surface area contributed by atoms with Crippen molar-refractivity contribution in [3.05, 3.63) is 60.7 Å². The molecule has 0 spiro atoms. The van der Waals surface area contributed by atoms with Crippen molar-refractivity contribution in [3.8, 4) is 5.75 Å². The van der Waals surface area contributed by atoms with Crippen LogP contribution in [0.1, 0.15) is 17.3 Å². The second kappa shape index (κ2) is 8.29. The maximum atomic E-state index is 12.6. The molecule has 0 saturated heterocycles. The van der Waals surface area contributed by atoms with E-state index in [1.807, 2.05) is 0 Å². The summed E-state index contributed by atoms with van der Waals surface area (Å²) < 4.78 is 31.1. The Balaban J connectivity index is 1.80. The van der Waals surface area contributed by atoms with Crippen LogP contribution in [0.2, 0.25) is 0 Å². The number of carbonyl (C=O) groups excluding carboxylic acids is 2. The molecule has 158 valence electrons. The van der Waals surface area contributed by atoms with Crippen molar-refractivity contribution in [1.29, 1.82) is 0 Å². The second-order valence-electron chi connectivity index (χ2n) is 6.95. The highest BCUT2D eigenvalue weighted by Gasteiger charge is 2.31. The van der Waals surface area contributed by atoms with Gasteiger partial charge in [-0.1, -0.05) is 6.08 Å². The fourth-order valence-corrected chi connectivity index (χ4v) is 3.90. The van der Waals surface area contributed by atoms with Crippen molar-refractivity contribution in [2.75, 3.05) is 30.9 Å². The summed E-state index contributed by atoms with van der Waals surface area (Å²) in [5, 5.41) is 2.76. The molecule has 0 bridgehead atoms. The topological polar surface area (TPSA) is 96.0 Å². The number of fused-ring (bicyclic) bond motifs is 1. The van der Waals surface area contributed by atoms with Crippen LogP contribution < -0.4 is 15.0 Å². The van der Waals surface area contributed by atoms with Gasteiger partial charge in [-0.15, -0.1) is 6.58 Å². The van der Waals surface area contributed by atoms with Gasteiger partial charge in [-0.3, -0.25) is 9.59 Å². The van der Waals surface area contributed by atoms with Gasteiger partial charge in [0.2, 0.25) is 10.0 Å². The zero-order valence-corrected chi connectivity index (χ0v) is 17.8. The third kappa shape index (κ3) is 4.07. The zero-order chi connectivity index (χ0) is 22.1. The Morgan fingerprint density at radius 3 is 2.50 bits per heavy atom. The zero-order valence-electron chi connectivity index (χ0n) is 17.0. The molecule has 2 aromatic rings. The van der Waals surface area contributed by atoms with Crippen LogP contribution >= 0.6 is 0 Å². The summed E-state index contributed by atoms with van der Waals surface area (Å²) >= 11 is 0. The number of nitrogens with zero attached hydrogens (tertiary/aromatic N) is 2. The van der Waals surface area contributed by atoms with Crippen molar-refractivity contribution in [1.82, 2.24) is 4.31 Å². The highest BCUT2D eigenvalue weighted by atomic mass is 32.2. The average molecular weight is 429 g/mol. The first-order valence-corrected chi connectivity index (χ1v) is 10.7. The van der Waals surface area contributed by atoms with E-state index >= 15 is 0 Å². The quantitative estimate of drug-likeness (QED) is 0.712. The largest absolute Gasteiger partial charge is 0.479 e. The van der Waals surface area contributed by atoms with Crippen LogP contribution in [-0.2, 0) is 14.8 Å². The molecule has 9 heteroatoms. The molecule has 1 unspecified atom stereocenters. The van der Waals surface area contributed by atoms with Gasteiger partial charge in [0.05, 0.1) is 10.6 Å². The maximum absolute atomic E-state index is 12.6. The second-order valence-corrected chi connectivity index (χ2v) is 9.10. The van der Waals surface area contributed by atoms with Crippen molar-refractivity contribution >= 4 is 33.2 Å². The van der Waals surface area contributed by atoms with Gasteiger partial charge in [-0.2, -0.15) is 0 Å². The SMILES string of the molecule is C=CCN1C(=O)C(C)Oc2cc(NC(=O)c3ccc(S(=O)(=O)N(C)C)cc3)ccc21. The molecule has 30 heavy (non-hydrogen) atoms. The molecule has 8 nitrogen and oxygen atoms in total. The lowest BCUT2D eigenvalue weighted by Gasteiger charge is -2.32. The van der Waals surface area contributed by atoms with E-state index in [1.54, 1.807) is 36.1 Å². The number of anilines is 2. The van der Waals surface area contributed by atoms with Crippen molar-refractivity contribution in [2.24, 2.45) is 0 Å². The van der Waals surface area contributed by atoms with Crippen LogP contribution in [0.15, 0.2) is 60.0 Å². The van der Waals surface area contributed by atoms with Gasteiger partial charge < -0.3 is 15.0 Å². The number of rotatable bonds is 6. The average Bonchev–Trinajstić information content (AvgIpc) is 2.71. The molecular weight excluding hydrogens is 406 g/mol. The Bertz CT molecular complexity index is 1090. The predicted molar refractivity (Wildman–Crippen MR) is 114 cm³/mol. The summed E-state index contributed by atoms with van der Waals surface area (Å²) in [5.74, 6) is -0.0761. The summed E-state index contributed by atoms with van der Waals surface area (Å²) in [6.07, 6.45) is 0.991. The Kier molecular flexibility index (Phi) is 5.95. The molecule has 3 rings (SSSR count). The van der Waals surface area contributed by atoms with Crippen LogP contribution in [-0.4, -0.2) is 51.3 Å². The van der Waals surface area contributed by atoms with Crippen LogP contribution in [0.5, 0.6) is 5.75 Å². The summed E-state index contributed by atoms with van der Waals surface area (Å²) in [7, 11) is -0.676. The first kappa shape index (κ1) is 21.5. The van der Waals surface area contributed by atoms with E-state index in [4.69, 9.17) is 4.74 Å². The summed E-state index contributed by atoms with van der Waals surface area (Å²) in [5.41, 5.74) is 1.40. The Hall–Kier alpha value is -3.17. The van der Waals surface area contributed by atoms with E-state index in [0.717, 1.165) is 4.31 Å². The smallest absolute Gasteiger partial charge is 0.268 e. The fourth-order valence-electron chi connectivity index (χ4n) is 3.00. The Morgan fingerprint density at radius 2 is 1.90 bits per heavy atom. The molecule has 2 aromatic carbocycles. The van der Waals surface area contributed by atoms with Crippen molar-refractivity contribution in [3.63, 3.8) is 0 Å². The highest BCUT2D eigenvalue weighted by molar-refractivity contribution is 7.89. The fraction of sp³-hybridized carbons (Fsp3) is 0.238. The number of amides is 2. The predicted octanol–water partition coefficient (Wildman–Crippen LogP) is 2.49. The number of sulfonamides is 1. The molecule has 0 fully saturated rings. The van der Waals surface area contributed by atoms with Crippen molar-refractivity contribution < 1.29 is 22.7 Å². The molecular formula is C21H23N3O5S. The number of nitrogens with one attached hydrogen (secondary N) is 1. The number of benzene rings is 2. The highest BCUT2D eigenvalue weighted by Crippen LogP contribution is 2.36. The number of carbonyl (C=O) groups is 2. The molecule has 1 atom stereocenters. The first-order chi connectivity index (χ1) is 14.1. The van der Waals surface area contributed by atoms with E-state index in [-0.39, 0.29) is 10.8 Å². The van der Waals surface area contributed by atoms with E-state index in [0.29, 0.717) is 29.2 Å². The minimum absolute atomic E-state index is 0.104. The van der Waals surface area contributed by atoms with Gasteiger partial charge in [0.1, 0.15) is 5.75 Å². The maximum Gasteiger partial charge on any atom is 0.268 e. The molecule has 1 N–H and O–H groups in total. The Labute approximate surface area is 175 Å².